The summed E-state index contributed by atoms with van der Waals surface area (Å²) >= 11 is 3.17. The summed E-state index contributed by atoms with van der Waals surface area (Å²) in [7, 11) is 3.52. The molecule has 0 aliphatic rings. The fourth-order valence-electron chi connectivity index (χ4n) is 1.41. The van der Waals surface area contributed by atoms with Crippen LogP contribution in [-0.2, 0) is 17.8 Å². The Bertz CT molecular complexity index is 494. The van der Waals surface area contributed by atoms with E-state index in [1.165, 1.54) is 0 Å². The third kappa shape index (κ3) is 2.62. The largest absolute Gasteiger partial charge is 0.378 e. The number of nitrogens with zero attached hydrogens (tertiary/aromatic N) is 3. The fourth-order valence-corrected chi connectivity index (χ4v) is 3.32. The Labute approximate surface area is 108 Å². The molecule has 0 aliphatic heterocycles. The Hall–Kier alpha value is -1.05. The lowest BCUT2D eigenvalue weighted by atomic mass is 10.3. The number of rotatable bonds is 5. The summed E-state index contributed by atoms with van der Waals surface area (Å²) in [6.07, 6.45) is 0.893. The Kier molecular flexibility index (Phi) is 4.03. The number of aryl methyl sites for hydroxylation is 1. The molecule has 2 rings (SSSR count). The van der Waals surface area contributed by atoms with Gasteiger partial charge in [-0.05, 0) is 6.42 Å². The van der Waals surface area contributed by atoms with Crippen molar-refractivity contribution in [3.05, 3.63) is 10.7 Å². The van der Waals surface area contributed by atoms with E-state index in [9.17, 15) is 0 Å². The van der Waals surface area contributed by atoms with Crippen LogP contribution in [0.15, 0.2) is 0 Å². The zero-order chi connectivity index (χ0) is 12.3. The van der Waals surface area contributed by atoms with Gasteiger partial charge < -0.3 is 10.1 Å². The summed E-state index contributed by atoms with van der Waals surface area (Å²) in [5.74, 6) is 0. The maximum Gasteiger partial charge on any atom is 0.205 e. The summed E-state index contributed by atoms with van der Waals surface area (Å²) in [6, 6.07) is 0. The first-order valence-electron chi connectivity index (χ1n) is 5.27. The standard InChI is InChI=1S/C10H14N4OS2/c1-4-6-8(16-7(12-6)5-15-3)9-13-14-10(11-2)17-9/h4-5H2,1-3H3,(H,11,14). The van der Waals surface area contributed by atoms with Crippen LogP contribution in [0.2, 0.25) is 0 Å². The van der Waals surface area contributed by atoms with E-state index in [2.05, 4.69) is 27.4 Å². The molecule has 7 heteroatoms. The Morgan fingerprint density at radius 1 is 1.29 bits per heavy atom. The SMILES string of the molecule is CCc1nc(COC)sc1-c1nnc(NC)s1. The highest BCUT2D eigenvalue weighted by molar-refractivity contribution is 7.23. The van der Waals surface area contributed by atoms with Gasteiger partial charge in [-0.2, -0.15) is 0 Å². The highest BCUT2D eigenvalue weighted by Crippen LogP contribution is 2.34. The minimum atomic E-state index is 0.551. The van der Waals surface area contributed by atoms with E-state index in [4.69, 9.17) is 4.74 Å². The van der Waals surface area contributed by atoms with E-state index in [-0.39, 0.29) is 0 Å². The number of aromatic nitrogens is 3. The lowest BCUT2D eigenvalue weighted by Crippen LogP contribution is -1.87. The van der Waals surface area contributed by atoms with Crippen LogP contribution in [-0.4, -0.2) is 29.3 Å². The van der Waals surface area contributed by atoms with Crippen LogP contribution in [0, 0.1) is 0 Å². The molecule has 0 saturated heterocycles. The fraction of sp³-hybridized carbons (Fsp3) is 0.500. The molecule has 0 fully saturated rings. The predicted octanol–water partition coefficient (Wildman–Crippen LogP) is 2.41. The highest BCUT2D eigenvalue weighted by Gasteiger charge is 2.15. The Morgan fingerprint density at radius 3 is 2.71 bits per heavy atom. The van der Waals surface area contributed by atoms with Crippen LogP contribution < -0.4 is 5.32 Å². The molecule has 0 bridgehead atoms. The molecule has 2 heterocycles. The maximum atomic E-state index is 5.11. The first-order chi connectivity index (χ1) is 8.28. The molecule has 0 saturated carbocycles. The second-order valence-corrected chi connectivity index (χ2v) is 5.39. The van der Waals surface area contributed by atoms with Crippen molar-refractivity contribution >= 4 is 27.8 Å². The highest BCUT2D eigenvalue weighted by atomic mass is 32.1. The third-order valence-corrected chi connectivity index (χ3v) is 4.34. The third-order valence-electron chi connectivity index (χ3n) is 2.18. The molecule has 0 aromatic carbocycles. The number of nitrogens with one attached hydrogen (secondary N) is 1. The van der Waals surface area contributed by atoms with Gasteiger partial charge in [0.15, 0.2) is 5.01 Å². The summed E-state index contributed by atoms with van der Waals surface area (Å²) in [5, 5.41) is 13.9. The smallest absolute Gasteiger partial charge is 0.205 e. The van der Waals surface area contributed by atoms with E-state index < -0.39 is 0 Å². The second-order valence-electron chi connectivity index (χ2n) is 3.33. The number of hydrogen-bond donors (Lipinski definition) is 1. The average molecular weight is 270 g/mol. The molecule has 0 spiro atoms. The molecule has 0 radical (unpaired) electrons. The van der Waals surface area contributed by atoms with Gasteiger partial charge in [0.2, 0.25) is 5.13 Å². The molecule has 0 atom stereocenters. The molecule has 0 amide bonds. The van der Waals surface area contributed by atoms with Crippen molar-refractivity contribution in [1.29, 1.82) is 0 Å². The quantitative estimate of drug-likeness (QED) is 0.904. The Balaban J connectivity index is 2.35. The van der Waals surface area contributed by atoms with Crippen LogP contribution >= 0.6 is 22.7 Å². The first kappa shape index (κ1) is 12.4. The monoisotopic (exact) mass is 270 g/mol. The van der Waals surface area contributed by atoms with Crippen molar-refractivity contribution < 1.29 is 4.74 Å². The summed E-state index contributed by atoms with van der Waals surface area (Å²) in [4.78, 5) is 5.65. The van der Waals surface area contributed by atoms with Gasteiger partial charge in [-0.3, -0.25) is 0 Å². The first-order valence-corrected chi connectivity index (χ1v) is 6.91. The van der Waals surface area contributed by atoms with Crippen LogP contribution in [0.1, 0.15) is 17.6 Å². The van der Waals surface area contributed by atoms with Crippen LogP contribution in [0.4, 0.5) is 5.13 Å². The number of methoxy groups -OCH3 is 1. The van der Waals surface area contributed by atoms with Crippen molar-refractivity contribution in [1.82, 2.24) is 15.2 Å². The number of hydrogen-bond acceptors (Lipinski definition) is 7. The normalized spacial score (nSPS) is 10.8. The van der Waals surface area contributed by atoms with Crippen molar-refractivity contribution in [2.75, 3.05) is 19.5 Å². The van der Waals surface area contributed by atoms with Gasteiger partial charge in [0.1, 0.15) is 5.01 Å². The lowest BCUT2D eigenvalue weighted by Gasteiger charge is -1.92. The van der Waals surface area contributed by atoms with E-state index >= 15 is 0 Å². The van der Waals surface area contributed by atoms with Gasteiger partial charge in [0, 0.05) is 14.2 Å². The number of thiazole rings is 1. The van der Waals surface area contributed by atoms with Gasteiger partial charge in [0.25, 0.3) is 0 Å². The molecular formula is C10H14N4OS2. The summed E-state index contributed by atoms with van der Waals surface area (Å²) in [6.45, 7) is 2.64. The zero-order valence-corrected chi connectivity index (χ0v) is 11.6. The van der Waals surface area contributed by atoms with Crippen LogP contribution in [0.3, 0.4) is 0 Å². The molecule has 5 nitrogen and oxygen atoms in total. The van der Waals surface area contributed by atoms with E-state index in [1.54, 1.807) is 29.8 Å². The molecular weight excluding hydrogens is 256 g/mol. The van der Waals surface area contributed by atoms with Gasteiger partial charge in [-0.1, -0.05) is 18.3 Å². The molecule has 0 unspecified atom stereocenters. The molecule has 17 heavy (non-hydrogen) atoms. The minimum Gasteiger partial charge on any atom is -0.378 e. The van der Waals surface area contributed by atoms with E-state index in [0.29, 0.717) is 6.61 Å². The van der Waals surface area contributed by atoms with Crippen molar-refractivity contribution in [2.45, 2.75) is 20.0 Å². The van der Waals surface area contributed by atoms with Crippen molar-refractivity contribution in [2.24, 2.45) is 0 Å². The van der Waals surface area contributed by atoms with Crippen LogP contribution in [0.25, 0.3) is 9.88 Å². The van der Waals surface area contributed by atoms with E-state index in [0.717, 1.165) is 32.1 Å². The molecule has 1 N–H and O–H groups in total. The van der Waals surface area contributed by atoms with Gasteiger partial charge in [-0.25, -0.2) is 4.98 Å². The lowest BCUT2D eigenvalue weighted by molar-refractivity contribution is 0.184. The molecule has 2 aromatic heterocycles. The predicted molar refractivity (Wildman–Crippen MR) is 70.7 cm³/mol. The number of ether oxygens (including phenoxy) is 1. The summed E-state index contributed by atoms with van der Waals surface area (Å²) < 4.78 is 5.11. The maximum absolute atomic E-state index is 5.11. The van der Waals surface area contributed by atoms with E-state index in [1.807, 2.05) is 7.05 Å². The zero-order valence-electron chi connectivity index (χ0n) is 9.98. The van der Waals surface area contributed by atoms with Crippen molar-refractivity contribution in [3.63, 3.8) is 0 Å². The van der Waals surface area contributed by atoms with Gasteiger partial charge in [0.05, 0.1) is 17.2 Å². The molecule has 0 aliphatic carbocycles. The average Bonchev–Trinajstić information content (AvgIpc) is 2.94. The topological polar surface area (TPSA) is 59.9 Å². The number of anilines is 1. The van der Waals surface area contributed by atoms with Gasteiger partial charge in [-0.15, -0.1) is 21.5 Å². The van der Waals surface area contributed by atoms with Crippen molar-refractivity contribution in [3.8, 4) is 9.88 Å². The van der Waals surface area contributed by atoms with Crippen LogP contribution in [0.5, 0.6) is 0 Å². The molecule has 92 valence electrons. The Morgan fingerprint density at radius 2 is 2.12 bits per heavy atom. The summed E-state index contributed by atoms with van der Waals surface area (Å²) in [5.41, 5.74) is 1.07. The van der Waals surface area contributed by atoms with Gasteiger partial charge >= 0.3 is 0 Å². The minimum absolute atomic E-state index is 0.551. The second kappa shape index (κ2) is 5.52. The molecule has 2 aromatic rings.